The Morgan fingerprint density at radius 1 is 1.56 bits per heavy atom. The van der Waals surface area contributed by atoms with Crippen LogP contribution in [0.3, 0.4) is 0 Å². The highest BCUT2D eigenvalue weighted by Crippen LogP contribution is 2.28. The summed E-state index contributed by atoms with van der Waals surface area (Å²) in [5.74, 6) is 1.45. The van der Waals surface area contributed by atoms with Crippen molar-refractivity contribution < 1.29 is 0 Å². The Morgan fingerprint density at radius 2 is 2.28 bits per heavy atom. The highest BCUT2D eigenvalue weighted by Gasteiger charge is 2.27. The molecular weight excluding hydrogens is 226 g/mol. The van der Waals surface area contributed by atoms with Crippen LogP contribution in [0.5, 0.6) is 0 Å². The molecule has 1 aromatic rings. The van der Waals surface area contributed by atoms with Crippen LogP contribution in [-0.4, -0.2) is 28.9 Å². The average molecular weight is 247 g/mol. The van der Waals surface area contributed by atoms with E-state index in [0.717, 1.165) is 31.0 Å². The number of aryl methyl sites for hydroxylation is 2. The van der Waals surface area contributed by atoms with E-state index in [0.29, 0.717) is 11.5 Å². The van der Waals surface area contributed by atoms with Gasteiger partial charge >= 0.3 is 0 Å². The molecule has 2 rings (SSSR count). The predicted molar refractivity (Wildman–Crippen MR) is 71.2 cm³/mol. The highest BCUT2D eigenvalue weighted by atomic mass is 15.4. The van der Waals surface area contributed by atoms with Gasteiger partial charge in [-0.15, -0.1) is 0 Å². The molecule has 1 aromatic heterocycles. The van der Waals surface area contributed by atoms with Crippen LogP contribution in [-0.2, 0) is 7.05 Å². The molecule has 98 valence electrons. The Bertz CT molecular complexity index is 468. The standard InChI is InChI=1S/C13H21N5/c1-9(15)11-5-4-6-18(8-11)13-12(7-14)10(2)16-17(13)3/h9,11H,4-6,8,15H2,1-3H3. The third kappa shape index (κ3) is 2.21. The lowest BCUT2D eigenvalue weighted by molar-refractivity contribution is 0.361. The van der Waals surface area contributed by atoms with E-state index in [4.69, 9.17) is 5.73 Å². The minimum Gasteiger partial charge on any atom is -0.355 e. The normalized spacial score (nSPS) is 21.7. The van der Waals surface area contributed by atoms with Crippen molar-refractivity contribution in [2.75, 3.05) is 18.0 Å². The molecule has 5 heteroatoms. The summed E-state index contributed by atoms with van der Waals surface area (Å²) in [6.45, 7) is 5.85. The van der Waals surface area contributed by atoms with Crippen molar-refractivity contribution in [1.82, 2.24) is 9.78 Å². The monoisotopic (exact) mass is 247 g/mol. The molecule has 0 radical (unpaired) electrons. The van der Waals surface area contributed by atoms with Crippen LogP contribution in [0.2, 0.25) is 0 Å². The van der Waals surface area contributed by atoms with Crippen molar-refractivity contribution in [2.24, 2.45) is 18.7 Å². The third-order valence-corrected chi connectivity index (χ3v) is 3.80. The Hall–Kier alpha value is -1.54. The second kappa shape index (κ2) is 4.99. The van der Waals surface area contributed by atoms with Gasteiger partial charge in [-0.25, -0.2) is 0 Å². The molecule has 0 aliphatic carbocycles. The summed E-state index contributed by atoms with van der Waals surface area (Å²) in [6, 6.07) is 2.47. The molecule has 1 fully saturated rings. The predicted octanol–water partition coefficient (Wildman–Crippen LogP) is 1.16. The van der Waals surface area contributed by atoms with Crippen LogP contribution in [0.25, 0.3) is 0 Å². The minimum atomic E-state index is 0.202. The van der Waals surface area contributed by atoms with Crippen LogP contribution >= 0.6 is 0 Å². The average Bonchev–Trinajstić information content (AvgIpc) is 2.63. The number of hydrogen-bond donors (Lipinski definition) is 1. The van der Waals surface area contributed by atoms with Crippen molar-refractivity contribution in [2.45, 2.75) is 32.7 Å². The van der Waals surface area contributed by atoms with Gasteiger partial charge in [-0.3, -0.25) is 4.68 Å². The Morgan fingerprint density at radius 3 is 2.89 bits per heavy atom. The fourth-order valence-corrected chi connectivity index (χ4v) is 2.77. The Kier molecular flexibility index (Phi) is 3.58. The van der Waals surface area contributed by atoms with E-state index in [-0.39, 0.29) is 6.04 Å². The zero-order chi connectivity index (χ0) is 13.3. The molecule has 5 nitrogen and oxygen atoms in total. The number of aromatic nitrogens is 2. The molecule has 1 aliphatic heterocycles. The van der Waals surface area contributed by atoms with Crippen LogP contribution in [0, 0.1) is 24.2 Å². The zero-order valence-corrected chi connectivity index (χ0v) is 11.3. The molecule has 1 saturated heterocycles. The van der Waals surface area contributed by atoms with E-state index in [1.165, 1.54) is 6.42 Å². The maximum absolute atomic E-state index is 9.26. The fraction of sp³-hybridized carbons (Fsp3) is 0.692. The van der Waals surface area contributed by atoms with Gasteiger partial charge in [0, 0.05) is 26.2 Å². The van der Waals surface area contributed by atoms with Crippen molar-refractivity contribution in [1.29, 1.82) is 5.26 Å². The molecule has 2 unspecified atom stereocenters. The lowest BCUT2D eigenvalue weighted by atomic mass is 9.92. The first-order valence-electron chi connectivity index (χ1n) is 6.48. The molecular formula is C13H21N5. The first kappa shape index (κ1) is 12.9. The smallest absolute Gasteiger partial charge is 0.144 e. The number of nitrogens with zero attached hydrogens (tertiary/aromatic N) is 4. The van der Waals surface area contributed by atoms with Gasteiger partial charge in [-0.1, -0.05) is 0 Å². The quantitative estimate of drug-likeness (QED) is 0.851. The molecule has 0 aromatic carbocycles. The summed E-state index contributed by atoms with van der Waals surface area (Å²) in [4.78, 5) is 2.26. The van der Waals surface area contributed by atoms with E-state index in [9.17, 15) is 5.26 Å². The molecule has 2 N–H and O–H groups in total. The number of hydrogen-bond acceptors (Lipinski definition) is 4. The molecule has 0 amide bonds. The molecule has 2 heterocycles. The van der Waals surface area contributed by atoms with Gasteiger partial charge in [0.2, 0.25) is 0 Å². The zero-order valence-electron chi connectivity index (χ0n) is 11.3. The Labute approximate surface area is 108 Å². The fourth-order valence-electron chi connectivity index (χ4n) is 2.77. The van der Waals surface area contributed by atoms with Gasteiger partial charge in [0.25, 0.3) is 0 Å². The first-order valence-corrected chi connectivity index (χ1v) is 6.48. The third-order valence-electron chi connectivity index (χ3n) is 3.80. The number of rotatable bonds is 2. The van der Waals surface area contributed by atoms with E-state index >= 15 is 0 Å². The van der Waals surface area contributed by atoms with Crippen LogP contribution in [0.4, 0.5) is 5.82 Å². The van der Waals surface area contributed by atoms with Gasteiger partial charge in [-0.2, -0.15) is 10.4 Å². The maximum Gasteiger partial charge on any atom is 0.144 e. The first-order chi connectivity index (χ1) is 8.54. The highest BCUT2D eigenvalue weighted by molar-refractivity contribution is 5.57. The van der Waals surface area contributed by atoms with Crippen molar-refractivity contribution in [3.63, 3.8) is 0 Å². The van der Waals surface area contributed by atoms with Crippen molar-refractivity contribution >= 4 is 5.82 Å². The van der Waals surface area contributed by atoms with E-state index in [1.807, 2.05) is 18.7 Å². The lowest BCUT2D eigenvalue weighted by Crippen LogP contribution is -2.43. The van der Waals surface area contributed by atoms with Gasteiger partial charge < -0.3 is 10.6 Å². The second-order valence-corrected chi connectivity index (χ2v) is 5.23. The SMILES string of the molecule is Cc1nn(C)c(N2CCCC(C(C)N)C2)c1C#N. The number of nitriles is 1. The number of anilines is 1. The van der Waals surface area contributed by atoms with Crippen molar-refractivity contribution in [3.8, 4) is 6.07 Å². The van der Waals surface area contributed by atoms with Gasteiger partial charge in [-0.05, 0) is 32.6 Å². The summed E-state index contributed by atoms with van der Waals surface area (Å²) in [6.07, 6.45) is 2.30. The summed E-state index contributed by atoms with van der Waals surface area (Å²) in [5, 5.41) is 13.6. The number of piperidine rings is 1. The summed E-state index contributed by atoms with van der Waals surface area (Å²) < 4.78 is 1.82. The largest absolute Gasteiger partial charge is 0.355 e. The van der Waals surface area contributed by atoms with E-state index in [2.05, 4.69) is 23.0 Å². The summed E-state index contributed by atoms with van der Waals surface area (Å²) >= 11 is 0. The molecule has 0 saturated carbocycles. The topological polar surface area (TPSA) is 70.9 Å². The van der Waals surface area contributed by atoms with Crippen LogP contribution in [0.1, 0.15) is 31.0 Å². The van der Waals surface area contributed by atoms with Crippen molar-refractivity contribution in [3.05, 3.63) is 11.3 Å². The summed E-state index contributed by atoms with van der Waals surface area (Å²) in [7, 11) is 1.90. The van der Waals surface area contributed by atoms with E-state index < -0.39 is 0 Å². The van der Waals surface area contributed by atoms with Gasteiger partial charge in [0.05, 0.1) is 5.69 Å². The molecule has 2 atom stereocenters. The molecule has 1 aliphatic rings. The van der Waals surface area contributed by atoms with E-state index in [1.54, 1.807) is 0 Å². The van der Waals surface area contributed by atoms with Gasteiger partial charge in [0.1, 0.15) is 17.5 Å². The van der Waals surface area contributed by atoms with Crippen LogP contribution < -0.4 is 10.6 Å². The maximum atomic E-state index is 9.26. The summed E-state index contributed by atoms with van der Waals surface area (Å²) in [5.41, 5.74) is 7.51. The molecule has 18 heavy (non-hydrogen) atoms. The molecule has 0 spiro atoms. The Balaban J connectivity index is 2.29. The number of nitrogens with two attached hydrogens (primary N) is 1. The van der Waals surface area contributed by atoms with Gasteiger partial charge in [0.15, 0.2) is 0 Å². The minimum absolute atomic E-state index is 0.202. The molecule has 0 bridgehead atoms. The van der Waals surface area contributed by atoms with Crippen LogP contribution in [0.15, 0.2) is 0 Å². The lowest BCUT2D eigenvalue weighted by Gasteiger charge is -2.36. The second-order valence-electron chi connectivity index (χ2n) is 5.23.